The Morgan fingerprint density at radius 3 is 2.60 bits per heavy atom. The maximum atomic E-state index is 13.0. The van der Waals surface area contributed by atoms with Gasteiger partial charge in [-0.05, 0) is 54.0 Å². The number of piperidine rings is 1. The molecule has 0 saturated carbocycles. The fraction of sp³-hybridized carbons (Fsp3) is 0.154. The molecular formula is C26H26N6O2S. The van der Waals surface area contributed by atoms with Crippen LogP contribution in [0, 0.1) is 0 Å². The van der Waals surface area contributed by atoms with Crippen LogP contribution in [0.15, 0.2) is 84.2 Å². The number of nitrogens with one attached hydrogen (secondary N) is 2. The summed E-state index contributed by atoms with van der Waals surface area (Å²) in [6.45, 7) is 4.53. The molecule has 5 rings (SSSR count). The number of nitrogens with zero attached hydrogens (tertiary/aromatic N) is 3. The summed E-state index contributed by atoms with van der Waals surface area (Å²) in [5.41, 5.74) is 10.4. The van der Waals surface area contributed by atoms with E-state index in [2.05, 4.69) is 32.9 Å². The summed E-state index contributed by atoms with van der Waals surface area (Å²) >= 11 is 0. The molecule has 2 aromatic carbocycles. The van der Waals surface area contributed by atoms with Crippen LogP contribution in [0.2, 0.25) is 0 Å². The van der Waals surface area contributed by atoms with Crippen molar-refractivity contribution in [2.45, 2.75) is 17.4 Å². The normalized spacial score (nSPS) is 17.3. The van der Waals surface area contributed by atoms with Crippen LogP contribution in [-0.4, -0.2) is 46.8 Å². The van der Waals surface area contributed by atoms with Crippen LogP contribution < -0.4 is 11.1 Å². The third-order valence-electron chi connectivity index (χ3n) is 6.10. The van der Waals surface area contributed by atoms with E-state index >= 15 is 0 Å². The van der Waals surface area contributed by atoms with Crippen molar-refractivity contribution in [3.63, 3.8) is 0 Å². The van der Waals surface area contributed by atoms with E-state index in [1.54, 1.807) is 36.7 Å². The van der Waals surface area contributed by atoms with Crippen molar-refractivity contribution >= 4 is 44.7 Å². The van der Waals surface area contributed by atoms with Gasteiger partial charge < -0.3 is 16.0 Å². The number of H-pyrrole nitrogens is 1. The quantitative estimate of drug-likeness (QED) is 0.353. The zero-order valence-corrected chi connectivity index (χ0v) is 19.9. The molecule has 1 saturated heterocycles. The summed E-state index contributed by atoms with van der Waals surface area (Å²) in [5.74, 6) is 0.423. The van der Waals surface area contributed by atoms with E-state index in [4.69, 9.17) is 5.73 Å². The van der Waals surface area contributed by atoms with Crippen molar-refractivity contribution in [2.24, 2.45) is 5.73 Å². The zero-order chi connectivity index (χ0) is 24.4. The molecule has 178 valence electrons. The Balaban J connectivity index is 1.24. The first-order chi connectivity index (χ1) is 16.9. The molecule has 4 aromatic rings. The summed E-state index contributed by atoms with van der Waals surface area (Å²) in [4.78, 5) is 12.2. The molecule has 1 atom stereocenters. The fourth-order valence-electron chi connectivity index (χ4n) is 4.03. The van der Waals surface area contributed by atoms with Crippen LogP contribution in [0.5, 0.6) is 0 Å². The van der Waals surface area contributed by atoms with Gasteiger partial charge in [-0.3, -0.25) is 0 Å². The van der Waals surface area contributed by atoms with Crippen molar-refractivity contribution in [3.8, 4) is 0 Å². The molecule has 0 radical (unpaired) electrons. The minimum absolute atomic E-state index is 0.150. The Kier molecular flexibility index (Phi) is 6.21. The lowest BCUT2D eigenvalue weighted by molar-refractivity contribution is 0.376. The van der Waals surface area contributed by atoms with Crippen molar-refractivity contribution in [1.82, 2.24) is 19.3 Å². The van der Waals surface area contributed by atoms with Gasteiger partial charge in [0.2, 0.25) is 16.0 Å². The highest BCUT2D eigenvalue weighted by Crippen LogP contribution is 2.24. The third-order valence-corrected chi connectivity index (χ3v) is 7.96. The van der Waals surface area contributed by atoms with Gasteiger partial charge in [0.1, 0.15) is 0 Å². The topological polar surface area (TPSA) is 117 Å². The number of sulfonamides is 1. The van der Waals surface area contributed by atoms with E-state index in [1.807, 2.05) is 36.5 Å². The number of benzene rings is 2. The molecule has 4 N–H and O–H groups in total. The van der Waals surface area contributed by atoms with Crippen molar-refractivity contribution < 1.29 is 8.42 Å². The van der Waals surface area contributed by atoms with E-state index in [-0.39, 0.29) is 17.5 Å². The van der Waals surface area contributed by atoms with Crippen LogP contribution in [0.3, 0.4) is 0 Å². The minimum Gasteiger partial charge on any atom is -0.361 e. The highest BCUT2D eigenvalue weighted by Gasteiger charge is 2.29. The van der Waals surface area contributed by atoms with E-state index in [1.165, 1.54) is 4.31 Å². The van der Waals surface area contributed by atoms with Gasteiger partial charge in [-0.1, -0.05) is 30.9 Å². The summed E-state index contributed by atoms with van der Waals surface area (Å²) < 4.78 is 27.3. The lowest BCUT2D eigenvalue weighted by Crippen LogP contribution is -2.44. The Bertz CT molecular complexity index is 1490. The van der Waals surface area contributed by atoms with Crippen LogP contribution in [0.25, 0.3) is 23.1 Å². The molecular weight excluding hydrogens is 460 g/mol. The predicted molar refractivity (Wildman–Crippen MR) is 139 cm³/mol. The van der Waals surface area contributed by atoms with E-state index in [0.717, 1.165) is 27.6 Å². The molecule has 9 heteroatoms. The number of hydrogen-bond acceptors (Lipinski definition) is 6. The molecule has 8 nitrogen and oxygen atoms in total. The van der Waals surface area contributed by atoms with E-state index < -0.39 is 10.0 Å². The van der Waals surface area contributed by atoms with Gasteiger partial charge >= 0.3 is 0 Å². The first-order valence-corrected chi connectivity index (χ1v) is 12.7. The van der Waals surface area contributed by atoms with Crippen molar-refractivity contribution in [2.75, 3.05) is 18.4 Å². The molecule has 1 aliphatic heterocycles. The molecule has 0 spiro atoms. The van der Waals surface area contributed by atoms with Gasteiger partial charge in [-0.25, -0.2) is 18.4 Å². The van der Waals surface area contributed by atoms with Gasteiger partial charge in [-0.2, -0.15) is 4.31 Å². The Labute approximate surface area is 204 Å². The average Bonchev–Trinajstić information content (AvgIpc) is 3.35. The lowest BCUT2D eigenvalue weighted by Gasteiger charge is -2.31. The molecule has 1 aliphatic rings. The molecule has 1 fully saturated rings. The average molecular weight is 487 g/mol. The second-order valence-electron chi connectivity index (χ2n) is 8.50. The van der Waals surface area contributed by atoms with Gasteiger partial charge in [-0.15, -0.1) is 0 Å². The van der Waals surface area contributed by atoms with E-state index in [9.17, 15) is 8.42 Å². The second-order valence-corrected chi connectivity index (χ2v) is 10.4. The lowest BCUT2D eigenvalue weighted by atomic mass is 10.0. The van der Waals surface area contributed by atoms with E-state index in [0.29, 0.717) is 24.6 Å². The molecule has 0 aliphatic carbocycles. The second kappa shape index (κ2) is 9.46. The highest BCUT2D eigenvalue weighted by atomic mass is 32.2. The van der Waals surface area contributed by atoms with Crippen LogP contribution >= 0.6 is 0 Å². The highest BCUT2D eigenvalue weighted by molar-refractivity contribution is 7.89. The van der Waals surface area contributed by atoms with Gasteiger partial charge in [0.25, 0.3) is 0 Å². The molecule has 35 heavy (non-hydrogen) atoms. The Hall–Kier alpha value is -3.79. The maximum Gasteiger partial charge on any atom is 0.243 e. The Morgan fingerprint density at radius 1 is 1.09 bits per heavy atom. The number of aromatic nitrogens is 3. The van der Waals surface area contributed by atoms with Crippen molar-refractivity contribution in [3.05, 3.63) is 90.4 Å². The number of anilines is 2. The SMILES string of the molecule is C=C1CN(S(=O)(=O)c2ccc(Nc3ncc(/C=C/c4cccc5[nH]ccc45)cn3)cc2)CCC1N. The zero-order valence-electron chi connectivity index (χ0n) is 19.1. The summed E-state index contributed by atoms with van der Waals surface area (Å²) in [5, 5.41) is 4.26. The van der Waals surface area contributed by atoms with Gasteiger partial charge in [0.05, 0.1) is 4.90 Å². The number of nitrogens with two attached hydrogens (primary N) is 1. The molecule has 0 amide bonds. The molecule has 1 unspecified atom stereocenters. The minimum atomic E-state index is -3.60. The van der Waals surface area contributed by atoms with Crippen LogP contribution in [0.1, 0.15) is 17.5 Å². The molecule has 3 heterocycles. The van der Waals surface area contributed by atoms with Crippen molar-refractivity contribution in [1.29, 1.82) is 0 Å². The number of aromatic amines is 1. The summed E-state index contributed by atoms with van der Waals surface area (Å²) in [6, 6.07) is 14.6. The van der Waals surface area contributed by atoms with Gasteiger partial charge in [0, 0.05) is 59.9 Å². The maximum absolute atomic E-state index is 13.0. The first-order valence-electron chi connectivity index (χ1n) is 11.3. The molecule has 2 aromatic heterocycles. The summed E-state index contributed by atoms with van der Waals surface area (Å²) in [6.07, 6.45) is 9.96. The van der Waals surface area contributed by atoms with Crippen LogP contribution in [0.4, 0.5) is 11.6 Å². The van der Waals surface area contributed by atoms with Crippen LogP contribution in [-0.2, 0) is 10.0 Å². The smallest absolute Gasteiger partial charge is 0.243 e. The number of rotatable bonds is 6. The fourth-order valence-corrected chi connectivity index (χ4v) is 5.49. The monoisotopic (exact) mass is 486 g/mol. The Morgan fingerprint density at radius 2 is 1.86 bits per heavy atom. The predicted octanol–water partition coefficient (Wildman–Crippen LogP) is 4.15. The first kappa shape index (κ1) is 23.0. The largest absolute Gasteiger partial charge is 0.361 e. The van der Waals surface area contributed by atoms with Gasteiger partial charge in [0.15, 0.2) is 0 Å². The molecule has 0 bridgehead atoms. The standard InChI is InChI=1S/C26H26N6O2S/c1-18-17-32(14-12-24(18)27)35(33,34)22-9-7-21(8-10-22)31-26-29-15-19(16-30-26)5-6-20-3-2-4-25-23(20)11-13-28-25/h2-11,13,15-16,24,28H,1,12,14,17,27H2,(H,29,30,31)/b6-5+. The number of fused-ring (bicyclic) bond motifs is 1. The third kappa shape index (κ3) is 4.88. The number of hydrogen-bond donors (Lipinski definition) is 3. The summed E-state index contributed by atoms with van der Waals surface area (Å²) in [7, 11) is -3.60.